The quantitative estimate of drug-likeness (QED) is 0.211. The molecule has 3 aromatic rings. The highest BCUT2D eigenvalue weighted by molar-refractivity contribution is 9.11. The number of benzene rings is 3. The minimum Gasteiger partial charge on any atom is -0.378 e. The molecule has 1 atom stereocenters. The van der Waals surface area contributed by atoms with Gasteiger partial charge in [0.15, 0.2) is 0 Å². The highest BCUT2D eigenvalue weighted by Gasteiger charge is 2.28. The van der Waals surface area contributed by atoms with Crippen molar-refractivity contribution in [3.05, 3.63) is 95.3 Å². The van der Waals surface area contributed by atoms with E-state index in [1.54, 1.807) is 30.3 Å². The third-order valence-corrected chi connectivity index (χ3v) is 8.53. The molecule has 12 heteroatoms. The smallest absolute Gasteiger partial charge is 0.283 e. The summed E-state index contributed by atoms with van der Waals surface area (Å²) in [5.41, 5.74) is 1.99. The van der Waals surface area contributed by atoms with Crippen LogP contribution >= 0.6 is 47.8 Å². The van der Waals surface area contributed by atoms with Gasteiger partial charge in [-0.05, 0) is 64.8 Å². The number of carbonyl (C=O) groups is 1. The maximum Gasteiger partial charge on any atom is 0.283 e. The molecule has 0 spiro atoms. The minimum atomic E-state index is -4.05. The summed E-state index contributed by atoms with van der Waals surface area (Å²) in [5.74, 6) is -0.647. The molecular formula is C23H20Br3N3O5S. The standard InChI is InChI=1S/C23H20Br3N3O5S/c1-14-3-6-19(7-4-14)35(33,34)28(2)23(30)13-21(27-18-11-16(24)10-17(25)12-18)15-5-8-22(29(31)32)20(26)9-15/h3-12,21,27H,13H2,1-2H3/t21-/m0/s1. The van der Waals surface area contributed by atoms with Gasteiger partial charge in [0.1, 0.15) is 0 Å². The fraction of sp³-hybridized carbons (Fsp3) is 0.174. The third-order valence-electron chi connectivity index (χ3n) is 5.18. The van der Waals surface area contributed by atoms with Crippen LogP contribution in [0.15, 0.2) is 79.0 Å². The lowest BCUT2D eigenvalue weighted by Crippen LogP contribution is -2.35. The Bertz CT molecular complexity index is 1360. The van der Waals surface area contributed by atoms with E-state index in [4.69, 9.17) is 0 Å². The summed E-state index contributed by atoms with van der Waals surface area (Å²) in [7, 11) is -2.83. The Morgan fingerprint density at radius 3 is 2.17 bits per heavy atom. The van der Waals surface area contributed by atoms with E-state index in [9.17, 15) is 23.3 Å². The number of amides is 1. The SMILES string of the molecule is Cc1ccc(S(=O)(=O)N(C)C(=O)C[C@H](Nc2cc(Br)cc(Br)c2)c2ccc([N+](=O)[O-])c(Br)c2)cc1. The van der Waals surface area contributed by atoms with E-state index in [1.807, 2.05) is 13.0 Å². The monoisotopic (exact) mass is 687 g/mol. The topological polar surface area (TPSA) is 110 Å². The molecule has 0 radical (unpaired) electrons. The molecule has 3 aromatic carbocycles. The maximum absolute atomic E-state index is 13.2. The molecule has 0 saturated carbocycles. The van der Waals surface area contributed by atoms with Crippen LogP contribution in [0.2, 0.25) is 0 Å². The molecule has 0 saturated heterocycles. The molecule has 3 rings (SSSR count). The molecule has 0 heterocycles. The van der Waals surface area contributed by atoms with Gasteiger partial charge in [-0.25, -0.2) is 12.7 Å². The molecule has 1 amide bonds. The second kappa shape index (κ2) is 11.2. The van der Waals surface area contributed by atoms with Crippen LogP contribution < -0.4 is 5.32 Å². The molecule has 0 aliphatic heterocycles. The van der Waals surface area contributed by atoms with Crippen molar-refractivity contribution in [1.29, 1.82) is 0 Å². The summed E-state index contributed by atoms with van der Waals surface area (Å²) >= 11 is 10.1. The maximum atomic E-state index is 13.2. The van der Waals surface area contributed by atoms with Crippen molar-refractivity contribution in [2.75, 3.05) is 12.4 Å². The molecule has 8 nitrogen and oxygen atoms in total. The molecule has 0 bridgehead atoms. The number of nitrogens with one attached hydrogen (secondary N) is 1. The lowest BCUT2D eigenvalue weighted by molar-refractivity contribution is -0.385. The van der Waals surface area contributed by atoms with Gasteiger partial charge in [-0.1, -0.05) is 55.6 Å². The normalized spacial score (nSPS) is 12.1. The second-order valence-electron chi connectivity index (χ2n) is 7.71. The lowest BCUT2D eigenvalue weighted by Gasteiger charge is -2.24. The largest absolute Gasteiger partial charge is 0.378 e. The molecule has 0 unspecified atom stereocenters. The molecule has 0 aliphatic rings. The Morgan fingerprint density at radius 2 is 1.63 bits per heavy atom. The molecular weight excluding hydrogens is 670 g/mol. The number of carbonyl (C=O) groups excluding carboxylic acids is 1. The number of nitrogens with zero attached hydrogens (tertiary/aromatic N) is 2. The van der Waals surface area contributed by atoms with Gasteiger partial charge in [0.2, 0.25) is 5.91 Å². The minimum absolute atomic E-state index is 0.0115. The van der Waals surface area contributed by atoms with Crippen molar-refractivity contribution in [3.63, 3.8) is 0 Å². The third kappa shape index (κ3) is 6.69. The number of anilines is 1. The van der Waals surface area contributed by atoms with Gasteiger partial charge in [-0.3, -0.25) is 14.9 Å². The van der Waals surface area contributed by atoms with Crippen LogP contribution in [-0.2, 0) is 14.8 Å². The number of nitro benzene ring substituents is 1. The first kappa shape index (κ1) is 27.3. The first-order valence-electron chi connectivity index (χ1n) is 10.1. The zero-order valence-electron chi connectivity index (χ0n) is 18.5. The Balaban J connectivity index is 1.95. The van der Waals surface area contributed by atoms with Crippen molar-refractivity contribution < 1.29 is 18.1 Å². The number of aryl methyl sites for hydroxylation is 1. The average molecular weight is 690 g/mol. The van der Waals surface area contributed by atoms with E-state index in [1.165, 1.54) is 31.3 Å². The van der Waals surface area contributed by atoms with Crippen molar-refractivity contribution >= 4 is 75.1 Å². The van der Waals surface area contributed by atoms with E-state index >= 15 is 0 Å². The van der Waals surface area contributed by atoms with E-state index in [2.05, 4.69) is 53.1 Å². The molecule has 35 heavy (non-hydrogen) atoms. The second-order valence-corrected chi connectivity index (χ2v) is 12.4. The molecule has 0 aromatic heterocycles. The van der Waals surface area contributed by atoms with E-state index < -0.39 is 26.9 Å². The summed E-state index contributed by atoms with van der Waals surface area (Å²) in [5, 5.41) is 14.5. The van der Waals surface area contributed by atoms with E-state index in [0.29, 0.717) is 11.3 Å². The summed E-state index contributed by atoms with van der Waals surface area (Å²) in [4.78, 5) is 23.9. The Morgan fingerprint density at radius 1 is 1.03 bits per heavy atom. The van der Waals surface area contributed by atoms with Crippen LogP contribution in [0.25, 0.3) is 0 Å². The van der Waals surface area contributed by atoms with Crippen molar-refractivity contribution in [1.82, 2.24) is 4.31 Å². The Labute approximate surface area is 228 Å². The number of sulfonamides is 1. The molecule has 0 aliphatic carbocycles. The molecule has 0 fully saturated rings. The van der Waals surface area contributed by atoms with Crippen LogP contribution in [0.3, 0.4) is 0 Å². The number of halogens is 3. The number of rotatable bonds is 8. The van der Waals surface area contributed by atoms with Gasteiger partial charge in [-0.15, -0.1) is 0 Å². The number of hydrogen-bond donors (Lipinski definition) is 1. The molecule has 184 valence electrons. The van der Waals surface area contributed by atoms with Crippen LogP contribution in [0.1, 0.15) is 23.6 Å². The van der Waals surface area contributed by atoms with Gasteiger partial charge >= 0.3 is 0 Å². The summed E-state index contributed by atoms with van der Waals surface area (Å²) in [6, 6.07) is 15.4. The van der Waals surface area contributed by atoms with Crippen LogP contribution in [0.5, 0.6) is 0 Å². The zero-order valence-corrected chi connectivity index (χ0v) is 24.1. The van der Waals surface area contributed by atoms with Crippen LogP contribution in [0, 0.1) is 17.0 Å². The predicted molar refractivity (Wildman–Crippen MR) is 145 cm³/mol. The summed E-state index contributed by atoms with van der Waals surface area (Å²) < 4.78 is 28.6. The van der Waals surface area contributed by atoms with Gasteiger partial charge < -0.3 is 5.32 Å². The van der Waals surface area contributed by atoms with Crippen molar-refractivity contribution in [3.8, 4) is 0 Å². The van der Waals surface area contributed by atoms with Crippen LogP contribution in [-0.4, -0.2) is 30.6 Å². The lowest BCUT2D eigenvalue weighted by atomic mass is 10.0. The highest BCUT2D eigenvalue weighted by atomic mass is 79.9. The van der Waals surface area contributed by atoms with Gasteiger partial charge in [0.25, 0.3) is 15.7 Å². The molecule has 1 N–H and O–H groups in total. The summed E-state index contributed by atoms with van der Waals surface area (Å²) in [6.45, 7) is 1.84. The van der Waals surface area contributed by atoms with Crippen molar-refractivity contribution in [2.45, 2.75) is 24.3 Å². The average Bonchev–Trinajstić information content (AvgIpc) is 2.77. The fourth-order valence-corrected chi connectivity index (χ4v) is 6.26. The highest BCUT2D eigenvalue weighted by Crippen LogP contribution is 2.33. The first-order chi connectivity index (χ1) is 16.4. The van der Waals surface area contributed by atoms with Gasteiger partial charge in [0, 0.05) is 27.7 Å². The van der Waals surface area contributed by atoms with E-state index in [-0.39, 0.29) is 21.5 Å². The van der Waals surface area contributed by atoms with Crippen LogP contribution in [0.4, 0.5) is 11.4 Å². The van der Waals surface area contributed by atoms with E-state index in [0.717, 1.165) is 18.8 Å². The number of hydrogen-bond acceptors (Lipinski definition) is 6. The fourth-order valence-electron chi connectivity index (χ4n) is 3.28. The van der Waals surface area contributed by atoms with Gasteiger partial charge in [0.05, 0.1) is 26.8 Å². The first-order valence-corrected chi connectivity index (χ1v) is 14.0. The van der Waals surface area contributed by atoms with Crippen molar-refractivity contribution in [2.24, 2.45) is 0 Å². The van der Waals surface area contributed by atoms with Gasteiger partial charge in [-0.2, -0.15) is 0 Å². The predicted octanol–water partition coefficient (Wildman–Crippen LogP) is 6.58. The Kier molecular flexibility index (Phi) is 8.73. The zero-order chi connectivity index (χ0) is 25.9. The number of nitro groups is 1. The Hall–Kier alpha value is -2.28. The summed E-state index contributed by atoms with van der Waals surface area (Å²) in [6.07, 6.45) is -0.226.